The summed E-state index contributed by atoms with van der Waals surface area (Å²) in [4.78, 5) is 20.7. The third-order valence-electron chi connectivity index (χ3n) is 7.71. The number of carbonyl (C=O) groups excluding carboxylic acids is 1. The third-order valence-corrected chi connectivity index (χ3v) is 8.50. The van der Waals surface area contributed by atoms with Gasteiger partial charge in [-0.25, -0.2) is 9.37 Å². The SMILES string of the molecule is COc1cc(-c2nccc(-c3cccc(-c4ccc(CNC[C@@H]5CCC(=O)N5)c(OC)n4)c3Cl)c2Cl)cc(F)c1CNC(C)C. The quantitative estimate of drug-likeness (QED) is 0.155. The maximum absolute atomic E-state index is 15.3. The first-order valence-corrected chi connectivity index (χ1v) is 15.5. The molecule has 1 aliphatic rings. The van der Waals surface area contributed by atoms with Crippen molar-refractivity contribution in [3.05, 3.63) is 81.7 Å². The monoisotopic (exact) mass is 651 g/mol. The van der Waals surface area contributed by atoms with Gasteiger partial charge >= 0.3 is 0 Å². The van der Waals surface area contributed by atoms with E-state index in [-0.39, 0.29) is 18.0 Å². The van der Waals surface area contributed by atoms with Crippen molar-refractivity contribution >= 4 is 29.1 Å². The summed E-state index contributed by atoms with van der Waals surface area (Å²) in [6, 6.07) is 14.7. The van der Waals surface area contributed by atoms with Crippen molar-refractivity contribution in [1.29, 1.82) is 0 Å². The highest BCUT2D eigenvalue weighted by atomic mass is 35.5. The van der Waals surface area contributed by atoms with Crippen molar-refractivity contribution in [3.63, 3.8) is 0 Å². The highest BCUT2D eigenvalue weighted by Crippen LogP contribution is 2.42. The summed E-state index contributed by atoms with van der Waals surface area (Å²) in [6.07, 6.45) is 3.01. The minimum absolute atomic E-state index is 0.0897. The van der Waals surface area contributed by atoms with E-state index in [4.69, 9.17) is 37.7 Å². The number of halogens is 3. The Labute approximate surface area is 272 Å². The van der Waals surface area contributed by atoms with Crippen molar-refractivity contribution in [2.45, 2.75) is 51.9 Å². The molecule has 2 aromatic carbocycles. The molecule has 2 aromatic heterocycles. The van der Waals surface area contributed by atoms with E-state index in [0.29, 0.717) is 86.9 Å². The number of nitrogens with one attached hydrogen (secondary N) is 3. The number of aromatic nitrogens is 2. The molecule has 11 heteroatoms. The Morgan fingerprint density at radius 3 is 2.51 bits per heavy atom. The van der Waals surface area contributed by atoms with Crippen LogP contribution in [-0.4, -0.2) is 48.7 Å². The molecule has 4 aromatic rings. The zero-order valence-corrected chi connectivity index (χ0v) is 27.2. The van der Waals surface area contributed by atoms with Gasteiger partial charge in [0.2, 0.25) is 11.8 Å². The average molecular weight is 653 g/mol. The van der Waals surface area contributed by atoms with Gasteiger partial charge in [-0.15, -0.1) is 0 Å². The first-order chi connectivity index (χ1) is 21.7. The second-order valence-corrected chi connectivity index (χ2v) is 11.9. The molecule has 0 saturated carbocycles. The minimum Gasteiger partial charge on any atom is -0.496 e. The van der Waals surface area contributed by atoms with Crippen LogP contribution in [0.3, 0.4) is 0 Å². The Morgan fingerprint density at radius 1 is 1.02 bits per heavy atom. The van der Waals surface area contributed by atoms with Crippen LogP contribution in [0.4, 0.5) is 4.39 Å². The number of pyridine rings is 2. The summed E-state index contributed by atoms with van der Waals surface area (Å²) >= 11 is 14.0. The second kappa shape index (κ2) is 14.6. The topological polar surface area (TPSA) is 97.4 Å². The molecule has 0 aliphatic carbocycles. The number of methoxy groups -OCH3 is 2. The van der Waals surface area contributed by atoms with E-state index < -0.39 is 5.82 Å². The molecule has 1 fully saturated rings. The molecule has 0 unspecified atom stereocenters. The number of benzene rings is 2. The van der Waals surface area contributed by atoms with Gasteiger partial charge in [-0.05, 0) is 30.7 Å². The summed E-state index contributed by atoms with van der Waals surface area (Å²) in [5.41, 5.74) is 4.87. The normalized spacial score (nSPS) is 14.6. The fourth-order valence-electron chi connectivity index (χ4n) is 5.34. The first-order valence-electron chi connectivity index (χ1n) is 14.8. The molecule has 1 atom stereocenters. The molecule has 45 heavy (non-hydrogen) atoms. The van der Waals surface area contributed by atoms with Gasteiger partial charge < -0.3 is 25.4 Å². The van der Waals surface area contributed by atoms with Crippen molar-refractivity contribution in [3.8, 4) is 45.3 Å². The number of nitrogens with zero attached hydrogens (tertiary/aromatic N) is 2. The number of hydrogen-bond acceptors (Lipinski definition) is 7. The van der Waals surface area contributed by atoms with Crippen LogP contribution in [-0.2, 0) is 17.9 Å². The molecule has 8 nitrogen and oxygen atoms in total. The van der Waals surface area contributed by atoms with Gasteiger partial charge in [0.05, 0.1) is 35.7 Å². The molecule has 1 aliphatic heterocycles. The van der Waals surface area contributed by atoms with Crippen LogP contribution in [0.15, 0.2) is 54.7 Å². The molecule has 0 bridgehead atoms. The van der Waals surface area contributed by atoms with E-state index in [1.165, 1.54) is 13.2 Å². The molecular weight excluding hydrogens is 616 g/mol. The van der Waals surface area contributed by atoms with Crippen molar-refractivity contribution in [2.24, 2.45) is 0 Å². The van der Waals surface area contributed by atoms with Crippen LogP contribution < -0.4 is 25.4 Å². The standard InChI is InChI=1S/C34H36Cl2FN5O3/c1-19(2)40-18-26-27(37)14-21(15-29(26)44-3)33-32(36)24(12-13-39-33)23-6-5-7-25(31(23)35)28-10-8-20(34(42-28)45-4)16-38-17-22-9-11-30(43)41-22/h5-8,10,12-15,19,22,38,40H,9,11,16-18H2,1-4H3,(H,41,43)/t22-/m0/s1. The van der Waals surface area contributed by atoms with Gasteiger partial charge in [0, 0.05) is 77.7 Å². The summed E-state index contributed by atoms with van der Waals surface area (Å²) in [7, 11) is 3.09. The summed E-state index contributed by atoms with van der Waals surface area (Å²) in [5, 5.41) is 10.3. The Morgan fingerprint density at radius 2 is 1.80 bits per heavy atom. The van der Waals surface area contributed by atoms with Gasteiger partial charge in [-0.2, -0.15) is 0 Å². The van der Waals surface area contributed by atoms with E-state index in [9.17, 15) is 4.79 Å². The fourth-order valence-corrected chi connectivity index (χ4v) is 5.99. The molecule has 0 radical (unpaired) electrons. The summed E-state index contributed by atoms with van der Waals surface area (Å²) < 4.78 is 26.4. The Hall–Kier alpha value is -3.76. The Bertz CT molecular complexity index is 1700. The minimum atomic E-state index is -0.412. The summed E-state index contributed by atoms with van der Waals surface area (Å²) in [6.45, 7) is 5.52. The van der Waals surface area contributed by atoms with Crippen LogP contribution in [0, 0.1) is 5.82 Å². The fraction of sp³-hybridized carbons (Fsp3) is 0.324. The number of hydrogen-bond donors (Lipinski definition) is 3. The smallest absolute Gasteiger partial charge is 0.220 e. The Balaban J connectivity index is 1.43. The summed E-state index contributed by atoms with van der Waals surface area (Å²) in [5.74, 6) is 0.561. The van der Waals surface area contributed by atoms with Crippen LogP contribution in [0.2, 0.25) is 10.0 Å². The lowest BCUT2D eigenvalue weighted by Gasteiger charge is -2.16. The van der Waals surface area contributed by atoms with Crippen LogP contribution in [0.5, 0.6) is 11.6 Å². The van der Waals surface area contributed by atoms with Gasteiger partial charge in [0.1, 0.15) is 11.6 Å². The van der Waals surface area contributed by atoms with Crippen LogP contribution in [0.1, 0.15) is 37.8 Å². The number of carbonyl (C=O) groups is 1. The highest BCUT2D eigenvalue weighted by molar-refractivity contribution is 6.39. The molecule has 1 amide bonds. The highest BCUT2D eigenvalue weighted by Gasteiger charge is 2.22. The maximum Gasteiger partial charge on any atom is 0.220 e. The van der Waals surface area contributed by atoms with Gasteiger partial charge in [0.15, 0.2) is 0 Å². The lowest BCUT2D eigenvalue weighted by molar-refractivity contribution is -0.119. The van der Waals surface area contributed by atoms with Crippen molar-refractivity contribution in [1.82, 2.24) is 25.9 Å². The van der Waals surface area contributed by atoms with Gasteiger partial charge in [-0.1, -0.05) is 61.3 Å². The van der Waals surface area contributed by atoms with Gasteiger partial charge in [0.25, 0.3) is 0 Å². The zero-order chi connectivity index (χ0) is 32.1. The first kappa shape index (κ1) is 32.6. The van der Waals surface area contributed by atoms with E-state index in [1.54, 1.807) is 25.4 Å². The predicted octanol–water partition coefficient (Wildman–Crippen LogP) is 6.81. The molecule has 5 rings (SSSR count). The average Bonchev–Trinajstić information content (AvgIpc) is 3.45. The zero-order valence-electron chi connectivity index (χ0n) is 25.6. The van der Waals surface area contributed by atoms with Crippen LogP contribution >= 0.6 is 23.2 Å². The Kier molecular flexibility index (Phi) is 10.6. The van der Waals surface area contributed by atoms with Crippen molar-refractivity contribution in [2.75, 3.05) is 20.8 Å². The number of rotatable bonds is 12. The number of amides is 1. The molecular formula is C34H36Cl2FN5O3. The maximum atomic E-state index is 15.3. The third kappa shape index (κ3) is 7.39. The van der Waals surface area contributed by atoms with E-state index in [1.807, 2.05) is 44.2 Å². The van der Waals surface area contributed by atoms with E-state index in [0.717, 1.165) is 12.0 Å². The van der Waals surface area contributed by atoms with Crippen molar-refractivity contribution < 1.29 is 18.7 Å². The van der Waals surface area contributed by atoms with Crippen LogP contribution in [0.25, 0.3) is 33.6 Å². The van der Waals surface area contributed by atoms with E-state index >= 15 is 4.39 Å². The lowest BCUT2D eigenvalue weighted by Crippen LogP contribution is -2.35. The van der Waals surface area contributed by atoms with E-state index in [2.05, 4.69) is 20.9 Å². The number of ether oxygens (including phenoxy) is 2. The molecule has 3 N–H and O–H groups in total. The van der Waals surface area contributed by atoms with Gasteiger partial charge in [-0.3, -0.25) is 9.78 Å². The molecule has 236 valence electrons. The predicted molar refractivity (Wildman–Crippen MR) is 176 cm³/mol. The largest absolute Gasteiger partial charge is 0.496 e. The molecule has 1 saturated heterocycles. The molecule has 0 spiro atoms. The lowest BCUT2D eigenvalue weighted by atomic mass is 9.99. The second-order valence-electron chi connectivity index (χ2n) is 11.2. The molecule has 3 heterocycles.